The van der Waals surface area contributed by atoms with E-state index in [2.05, 4.69) is 26.5 Å². The van der Waals surface area contributed by atoms with Crippen LogP contribution >= 0.6 is 0 Å². The third-order valence-electron chi connectivity index (χ3n) is 2.16. The van der Waals surface area contributed by atoms with Crippen molar-refractivity contribution >= 4 is 5.97 Å². The lowest BCUT2D eigenvalue weighted by atomic mass is 10.0. The summed E-state index contributed by atoms with van der Waals surface area (Å²) in [5.41, 5.74) is 1.32. The molecule has 0 bridgehead atoms. The van der Waals surface area contributed by atoms with Gasteiger partial charge in [-0.25, -0.2) is 0 Å². The average Bonchev–Trinajstić information content (AvgIpc) is 2.17. The monoisotopic (exact) mass is 210 g/mol. The van der Waals surface area contributed by atoms with Crippen molar-refractivity contribution in [3.05, 3.63) is 24.3 Å². The van der Waals surface area contributed by atoms with Crippen LogP contribution in [0.3, 0.4) is 0 Å². The summed E-state index contributed by atoms with van der Waals surface area (Å²) in [5, 5.41) is 0. The Kier molecular flexibility index (Phi) is 7.69. The molecule has 0 aromatic carbocycles. The first-order chi connectivity index (χ1) is 7.10. The summed E-state index contributed by atoms with van der Waals surface area (Å²) in [6.45, 7) is 10.2. The summed E-state index contributed by atoms with van der Waals surface area (Å²) < 4.78 is 5.02. The predicted molar refractivity (Wildman–Crippen MR) is 63.6 cm³/mol. The highest BCUT2D eigenvalue weighted by atomic mass is 16.5. The van der Waals surface area contributed by atoms with Gasteiger partial charge in [-0.15, -0.1) is 6.58 Å². The normalized spacial score (nSPS) is 13.4. The lowest BCUT2D eigenvalue weighted by Gasteiger charge is -2.08. The van der Waals surface area contributed by atoms with E-state index < -0.39 is 0 Å². The quantitative estimate of drug-likeness (QED) is 0.475. The number of carbonyl (C=O) groups is 1. The third kappa shape index (κ3) is 7.98. The number of hydrogen-bond acceptors (Lipinski definition) is 2. The fraction of sp³-hybridized carbons (Fsp3) is 0.615. The van der Waals surface area contributed by atoms with Gasteiger partial charge in [-0.2, -0.15) is 0 Å². The SMILES string of the molecule is C=CC/C(C)=C/C(C)CCOC(=O)CC. The molecule has 1 unspecified atom stereocenters. The molecule has 0 saturated carbocycles. The minimum Gasteiger partial charge on any atom is -0.466 e. The van der Waals surface area contributed by atoms with Gasteiger partial charge >= 0.3 is 5.97 Å². The Morgan fingerprint density at radius 1 is 1.53 bits per heavy atom. The summed E-state index contributed by atoms with van der Waals surface area (Å²) in [5.74, 6) is 0.337. The van der Waals surface area contributed by atoms with Crippen LogP contribution in [0.5, 0.6) is 0 Å². The Morgan fingerprint density at radius 2 is 2.20 bits per heavy atom. The molecule has 86 valence electrons. The minimum atomic E-state index is -0.117. The van der Waals surface area contributed by atoms with Gasteiger partial charge in [0.05, 0.1) is 6.61 Å². The maximum atomic E-state index is 10.9. The van der Waals surface area contributed by atoms with Crippen LogP contribution in [-0.4, -0.2) is 12.6 Å². The van der Waals surface area contributed by atoms with E-state index in [0.29, 0.717) is 18.9 Å². The zero-order valence-electron chi connectivity index (χ0n) is 10.1. The third-order valence-corrected chi connectivity index (χ3v) is 2.16. The van der Waals surface area contributed by atoms with Crippen molar-refractivity contribution in [3.63, 3.8) is 0 Å². The Morgan fingerprint density at radius 3 is 2.73 bits per heavy atom. The van der Waals surface area contributed by atoms with E-state index in [1.165, 1.54) is 5.57 Å². The van der Waals surface area contributed by atoms with E-state index in [1.54, 1.807) is 6.92 Å². The van der Waals surface area contributed by atoms with Crippen molar-refractivity contribution in [1.29, 1.82) is 0 Å². The van der Waals surface area contributed by atoms with Crippen molar-refractivity contribution < 1.29 is 9.53 Å². The second kappa shape index (κ2) is 8.27. The number of allylic oxidation sites excluding steroid dienone is 3. The van der Waals surface area contributed by atoms with Gasteiger partial charge in [0.2, 0.25) is 0 Å². The summed E-state index contributed by atoms with van der Waals surface area (Å²) in [7, 11) is 0. The van der Waals surface area contributed by atoms with E-state index in [0.717, 1.165) is 12.8 Å². The van der Waals surface area contributed by atoms with Crippen molar-refractivity contribution in [2.45, 2.75) is 40.0 Å². The molecule has 0 aliphatic carbocycles. The van der Waals surface area contributed by atoms with Gasteiger partial charge in [-0.3, -0.25) is 4.79 Å². The van der Waals surface area contributed by atoms with Crippen LogP contribution in [0, 0.1) is 5.92 Å². The molecule has 2 nitrogen and oxygen atoms in total. The van der Waals surface area contributed by atoms with Crippen LogP contribution in [-0.2, 0) is 9.53 Å². The second-order valence-corrected chi connectivity index (χ2v) is 3.85. The zero-order chi connectivity index (χ0) is 11.7. The van der Waals surface area contributed by atoms with Crippen molar-refractivity contribution in [2.24, 2.45) is 5.92 Å². The van der Waals surface area contributed by atoms with E-state index in [1.807, 2.05) is 6.08 Å². The van der Waals surface area contributed by atoms with E-state index in [9.17, 15) is 4.79 Å². The van der Waals surface area contributed by atoms with Crippen LogP contribution in [0.1, 0.15) is 40.0 Å². The first-order valence-electron chi connectivity index (χ1n) is 5.54. The first kappa shape index (κ1) is 13.9. The van der Waals surface area contributed by atoms with Gasteiger partial charge in [0.15, 0.2) is 0 Å². The van der Waals surface area contributed by atoms with Crippen LogP contribution in [0.2, 0.25) is 0 Å². The van der Waals surface area contributed by atoms with Gasteiger partial charge in [-0.1, -0.05) is 31.6 Å². The molecule has 1 atom stereocenters. The van der Waals surface area contributed by atoms with Gasteiger partial charge in [0.25, 0.3) is 0 Å². The Bertz CT molecular complexity index is 229. The fourth-order valence-corrected chi connectivity index (χ4v) is 1.33. The van der Waals surface area contributed by atoms with Crippen molar-refractivity contribution in [3.8, 4) is 0 Å². The number of ether oxygens (including phenoxy) is 1. The van der Waals surface area contributed by atoms with Crippen LogP contribution in [0.25, 0.3) is 0 Å². The molecule has 15 heavy (non-hydrogen) atoms. The zero-order valence-corrected chi connectivity index (χ0v) is 10.1. The molecular weight excluding hydrogens is 188 g/mol. The van der Waals surface area contributed by atoms with E-state index in [-0.39, 0.29) is 5.97 Å². The highest BCUT2D eigenvalue weighted by molar-refractivity contribution is 5.68. The summed E-state index contributed by atoms with van der Waals surface area (Å²) >= 11 is 0. The Balaban J connectivity index is 3.74. The molecule has 0 heterocycles. The number of rotatable bonds is 7. The topological polar surface area (TPSA) is 26.3 Å². The molecule has 0 aromatic rings. The molecular formula is C13H22O2. The fourth-order valence-electron chi connectivity index (χ4n) is 1.33. The molecule has 0 amide bonds. The molecule has 0 fully saturated rings. The van der Waals surface area contributed by atoms with Gasteiger partial charge in [0.1, 0.15) is 0 Å². The maximum absolute atomic E-state index is 10.9. The lowest BCUT2D eigenvalue weighted by molar-refractivity contribution is -0.143. The second-order valence-electron chi connectivity index (χ2n) is 3.85. The molecule has 0 aromatic heterocycles. The van der Waals surface area contributed by atoms with Crippen molar-refractivity contribution in [2.75, 3.05) is 6.61 Å². The average molecular weight is 210 g/mol. The van der Waals surface area contributed by atoms with E-state index in [4.69, 9.17) is 4.74 Å². The summed E-state index contributed by atoms with van der Waals surface area (Å²) in [6, 6.07) is 0. The lowest BCUT2D eigenvalue weighted by Crippen LogP contribution is -2.06. The summed E-state index contributed by atoms with van der Waals surface area (Å²) in [4.78, 5) is 10.9. The first-order valence-corrected chi connectivity index (χ1v) is 5.54. The number of carbonyl (C=O) groups excluding carboxylic acids is 1. The molecule has 0 saturated heterocycles. The molecule has 0 radical (unpaired) electrons. The van der Waals surface area contributed by atoms with Crippen molar-refractivity contribution in [1.82, 2.24) is 0 Å². The van der Waals surface area contributed by atoms with Gasteiger partial charge in [0, 0.05) is 6.42 Å². The highest BCUT2D eigenvalue weighted by Gasteiger charge is 2.02. The molecule has 0 aliphatic heterocycles. The van der Waals surface area contributed by atoms with Crippen LogP contribution < -0.4 is 0 Å². The highest BCUT2D eigenvalue weighted by Crippen LogP contribution is 2.10. The van der Waals surface area contributed by atoms with Crippen LogP contribution in [0.4, 0.5) is 0 Å². The largest absolute Gasteiger partial charge is 0.466 e. The maximum Gasteiger partial charge on any atom is 0.305 e. The molecule has 0 N–H and O–H groups in total. The molecule has 0 rings (SSSR count). The molecule has 0 spiro atoms. The Hall–Kier alpha value is -1.05. The number of esters is 1. The molecule has 0 aliphatic rings. The van der Waals surface area contributed by atoms with Gasteiger partial charge < -0.3 is 4.74 Å². The smallest absolute Gasteiger partial charge is 0.305 e. The van der Waals surface area contributed by atoms with Crippen LogP contribution in [0.15, 0.2) is 24.3 Å². The minimum absolute atomic E-state index is 0.117. The predicted octanol–water partition coefficient (Wildman–Crippen LogP) is 3.49. The number of hydrogen-bond donors (Lipinski definition) is 0. The van der Waals surface area contributed by atoms with E-state index >= 15 is 0 Å². The molecule has 2 heteroatoms. The standard InChI is InChI=1S/C13H22O2/c1-5-7-11(3)10-12(4)8-9-15-13(14)6-2/h5,10,12H,1,6-9H2,2-4H3/b11-10+. The Labute approximate surface area is 93.0 Å². The summed E-state index contributed by atoms with van der Waals surface area (Å²) in [6.07, 6.45) is 6.39. The van der Waals surface area contributed by atoms with Gasteiger partial charge in [-0.05, 0) is 25.7 Å².